The smallest absolute Gasteiger partial charge is 0.335 e. The van der Waals surface area contributed by atoms with E-state index < -0.39 is 30.3 Å². The number of β-amino-alcohol motifs (C(OH)–C–C–N with tert-alkyl or cyclic N) is 1. The minimum Gasteiger partial charge on any atom is -0.508 e. The number of phenols is 3. The van der Waals surface area contributed by atoms with E-state index in [1.54, 1.807) is 6.07 Å². The third kappa shape index (κ3) is 3.57. The molecule has 158 valence electrons. The minimum absolute atomic E-state index is 0.00795. The Labute approximate surface area is 172 Å². The van der Waals surface area contributed by atoms with Crippen LogP contribution in [0, 0.1) is 0 Å². The molecule has 1 aliphatic rings. The number of aromatic carboxylic acids is 1. The van der Waals surface area contributed by atoms with E-state index in [0.29, 0.717) is 12.0 Å². The third-order valence-corrected chi connectivity index (χ3v) is 5.10. The highest BCUT2D eigenvalue weighted by Gasteiger charge is 2.43. The molecule has 1 aliphatic heterocycles. The normalized spacial score (nSPS) is 15.2. The number of rotatable bonds is 6. The van der Waals surface area contributed by atoms with Crippen LogP contribution in [0.2, 0.25) is 0 Å². The zero-order valence-corrected chi connectivity index (χ0v) is 16.6. The van der Waals surface area contributed by atoms with Crippen molar-refractivity contribution in [1.29, 1.82) is 0 Å². The van der Waals surface area contributed by atoms with Crippen LogP contribution in [0.15, 0.2) is 35.9 Å². The summed E-state index contributed by atoms with van der Waals surface area (Å²) < 4.78 is 0. The quantitative estimate of drug-likeness (QED) is 0.459. The second kappa shape index (κ2) is 8.08. The summed E-state index contributed by atoms with van der Waals surface area (Å²) in [5.41, 5.74) is 1.30. The summed E-state index contributed by atoms with van der Waals surface area (Å²) in [5.74, 6) is -2.90. The highest BCUT2D eigenvalue weighted by Crippen LogP contribution is 2.49. The zero-order chi connectivity index (χ0) is 22.2. The molecule has 0 unspecified atom stereocenters. The topological polar surface area (TPSA) is 139 Å². The number of allylic oxidation sites excluding steroid dienone is 2. The van der Waals surface area contributed by atoms with Crippen molar-refractivity contribution in [3.63, 3.8) is 0 Å². The van der Waals surface area contributed by atoms with Gasteiger partial charge in [0.05, 0.1) is 23.8 Å². The van der Waals surface area contributed by atoms with Crippen molar-refractivity contribution >= 4 is 11.9 Å². The Morgan fingerprint density at radius 3 is 2.40 bits per heavy atom. The third-order valence-electron chi connectivity index (χ3n) is 5.10. The molecular formula is C22H23NO7. The number of aliphatic hydroxyl groups is 1. The molecule has 0 bridgehead atoms. The van der Waals surface area contributed by atoms with Gasteiger partial charge in [-0.05, 0) is 44.0 Å². The van der Waals surface area contributed by atoms with E-state index in [1.165, 1.54) is 11.0 Å². The molecule has 2 aromatic carbocycles. The number of carboxylic acids is 1. The lowest BCUT2D eigenvalue weighted by Crippen LogP contribution is -2.31. The van der Waals surface area contributed by atoms with Gasteiger partial charge in [0, 0.05) is 17.7 Å². The number of aliphatic hydroxyl groups excluding tert-OH is 1. The predicted molar refractivity (Wildman–Crippen MR) is 108 cm³/mol. The van der Waals surface area contributed by atoms with Gasteiger partial charge in [0.25, 0.3) is 5.91 Å². The number of aromatic hydroxyl groups is 3. The summed E-state index contributed by atoms with van der Waals surface area (Å²) in [6.07, 6.45) is 2.28. The van der Waals surface area contributed by atoms with Crippen LogP contribution in [0.3, 0.4) is 0 Å². The molecule has 0 aliphatic carbocycles. The van der Waals surface area contributed by atoms with Crippen LogP contribution in [-0.2, 0) is 6.42 Å². The number of amides is 1. The monoisotopic (exact) mass is 413 g/mol. The Kier molecular flexibility index (Phi) is 5.71. The zero-order valence-electron chi connectivity index (χ0n) is 16.6. The molecular weight excluding hydrogens is 390 g/mol. The van der Waals surface area contributed by atoms with Gasteiger partial charge in [-0.15, -0.1) is 0 Å². The Hall–Kier alpha value is -3.52. The lowest BCUT2D eigenvalue weighted by atomic mass is 9.92. The number of hydrogen-bond acceptors (Lipinski definition) is 6. The Bertz CT molecular complexity index is 1050. The van der Waals surface area contributed by atoms with Gasteiger partial charge in [-0.25, -0.2) is 4.79 Å². The van der Waals surface area contributed by atoms with E-state index in [9.17, 15) is 35.1 Å². The second-order valence-corrected chi connectivity index (χ2v) is 7.38. The molecule has 0 fully saturated rings. The molecule has 1 heterocycles. The van der Waals surface area contributed by atoms with Crippen molar-refractivity contribution in [2.75, 3.05) is 13.2 Å². The van der Waals surface area contributed by atoms with Gasteiger partial charge in [0.15, 0.2) is 0 Å². The largest absolute Gasteiger partial charge is 0.508 e. The first kappa shape index (κ1) is 21.2. The van der Waals surface area contributed by atoms with Crippen molar-refractivity contribution in [3.05, 3.63) is 63.7 Å². The van der Waals surface area contributed by atoms with E-state index in [0.717, 1.165) is 17.7 Å². The van der Waals surface area contributed by atoms with Crippen LogP contribution in [0.5, 0.6) is 17.2 Å². The first-order valence-corrected chi connectivity index (χ1v) is 9.36. The maximum Gasteiger partial charge on any atom is 0.335 e. The number of benzene rings is 2. The molecule has 5 N–H and O–H groups in total. The summed E-state index contributed by atoms with van der Waals surface area (Å²) in [6.45, 7) is 3.27. The average molecular weight is 413 g/mol. The van der Waals surface area contributed by atoms with Gasteiger partial charge in [-0.3, -0.25) is 4.79 Å². The lowest BCUT2D eigenvalue weighted by Gasteiger charge is -2.27. The number of hydrogen-bond donors (Lipinski definition) is 5. The summed E-state index contributed by atoms with van der Waals surface area (Å²) in [4.78, 5) is 25.5. The highest BCUT2D eigenvalue weighted by atomic mass is 16.4. The Morgan fingerprint density at radius 1 is 1.10 bits per heavy atom. The van der Waals surface area contributed by atoms with Gasteiger partial charge < -0.3 is 30.4 Å². The second-order valence-electron chi connectivity index (χ2n) is 7.38. The average Bonchev–Trinajstić information content (AvgIpc) is 2.94. The van der Waals surface area contributed by atoms with Crippen molar-refractivity contribution in [3.8, 4) is 17.2 Å². The van der Waals surface area contributed by atoms with Crippen LogP contribution in [0.1, 0.15) is 57.3 Å². The van der Waals surface area contributed by atoms with E-state index in [2.05, 4.69) is 0 Å². The summed E-state index contributed by atoms with van der Waals surface area (Å²) in [7, 11) is 0. The molecule has 0 saturated heterocycles. The molecule has 8 heteroatoms. The van der Waals surface area contributed by atoms with E-state index in [1.807, 2.05) is 19.9 Å². The fourth-order valence-corrected chi connectivity index (χ4v) is 3.68. The SMILES string of the molecule is CC(C)=CCc1ccc(O)c([C@@H]2c3c(O)cc(C(=O)O)cc3C(=O)N2CCO)c1O. The van der Waals surface area contributed by atoms with Gasteiger partial charge >= 0.3 is 5.97 Å². The number of phenolic OH excluding ortho intramolecular Hbond substituents is 3. The molecule has 0 aromatic heterocycles. The molecule has 1 amide bonds. The molecule has 0 spiro atoms. The fourth-order valence-electron chi connectivity index (χ4n) is 3.68. The van der Waals surface area contributed by atoms with E-state index in [-0.39, 0.29) is 40.3 Å². The van der Waals surface area contributed by atoms with Gasteiger partial charge in [-0.2, -0.15) is 0 Å². The van der Waals surface area contributed by atoms with Gasteiger partial charge in [-0.1, -0.05) is 17.7 Å². The molecule has 1 atom stereocenters. The molecule has 3 rings (SSSR count). The number of carboxylic acid groups (broad SMARTS) is 1. The molecule has 30 heavy (non-hydrogen) atoms. The standard InChI is InChI=1S/C22H23NO7/c1-11(2)3-4-12-5-6-15(25)18(20(12)27)19-17-14(21(28)23(19)7-8-24)9-13(22(29)30)10-16(17)26/h3,5-6,9-10,19,24-27H,4,7-8H2,1-2H3,(H,29,30)/t19-/m0/s1. The number of carbonyl (C=O) groups excluding carboxylic acids is 1. The van der Waals surface area contributed by atoms with Crippen molar-refractivity contribution < 1.29 is 35.1 Å². The van der Waals surface area contributed by atoms with Crippen LogP contribution in [0.4, 0.5) is 0 Å². The number of fused-ring (bicyclic) bond motifs is 1. The van der Waals surface area contributed by atoms with Gasteiger partial charge in [0.2, 0.25) is 0 Å². The first-order valence-electron chi connectivity index (χ1n) is 9.36. The molecule has 8 nitrogen and oxygen atoms in total. The maximum atomic E-state index is 13.0. The summed E-state index contributed by atoms with van der Waals surface area (Å²) in [6, 6.07) is 4.03. The molecule has 2 aromatic rings. The first-order chi connectivity index (χ1) is 14.2. The summed E-state index contributed by atoms with van der Waals surface area (Å²) >= 11 is 0. The molecule has 0 radical (unpaired) electrons. The van der Waals surface area contributed by atoms with Crippen LogP contribution in [0.25, 0.3) is 0 Å². The van der Waals surface area contributed by atoms with Crippen LogP contribution in [-0.4, -0.2) is 55.5 Å². The minimum atomic E-state index is -1.31. The fraction of sp³-hybridized carbons (Fsp3) is 0.273. The Morgan fingerprint density at radius 2 is 1.80 bits per heavy atom. The maximum absolute atomic E-state index is 13.0. The molecule has 0 saturated carbocycles. The number of carbonyl (C=O) groups is 2. The lowest BCUT2D eigenvalue weighted by molar-refractivity contribution is 0.0696. The van der Waals surface area contributed by atoms with Crippen molar-refractivity contribution in [1.82, 2.24) is 4.90 Å². The predicted octanol–water partition coefficient (Wildman–Crippen LogP) is 2.55. The van der Waals surface area contributed by atoms with Crippen molar-refractivity contribution in [2.24, 2.45) is 0 Å². The van der Waals surface area contributed by atoms with Crippen LogP contribution < -0.4 is 0 Å². The number of nitrogens with zero attached hydrogens (tertiary/aromatic N) is 1. The van der Waals surface area contributed by atoms with Crippen LogP contribution >= 0.6 is 0 Å². The van der Waals surface area contributed by atoms with Gasteiger partial charge in [0.1, 0.15) is 17.2 Å². The van der Waals surface area contributed by atoms with E-state index >= 15 is 0 Å². The van der Waals surface area contributed by atoms with E-state index in [4.69, 9.17) is 0 Å². The summed E-state index contributed by atoms with van der Waals surface area (Å²) in [5, 5.41) is 50.7. The van der Waals surface area contributed by atoms with Crippen molar-refractivity contribution in [2.45, 2.75) is 26.3 Å². The Balaban J connectivity index is 2.25. The highest BCUT2D eigenvalue weighted by molar-refractivity contribution is 6.03.